The molecule has 0 saturated carbocycles. The predicted octanol–water partition coefficient (Wildman–Crippen LogP) is 3.68. The van der Waals surface area contributed by atoms with Crippen molar-refractivity contribution in [3.8, 4) is 0 Å². The largest absolute Gasteiger partial charge is 0.338 e. The van der Waals surface area contributed by atoms with Crippen LogP contribution in [0.15, 0.2) is 48.5 Å². The third-order valence-electron chi connectivity index (χ3n) is 4.84. The fourth-order valence-electron chi connectivity index (χ4n) is 3.77. The fraction of sp³-hybridized carbons (Fsp3) is 0.368. The highest BCUT2D eigenvalue weighted by atomic mass is 15.2. The minimum atomic E-state index is 0.617. The summed E-state index contributed by atoms with van der Waals surface area (Å²) in [6, 6.07) is 18.5. The Balaban J connectivity index is 1.85. The minimum absolute atomic E-state index is 0.617. The van der Waals surface area contributed by atoms with Crippen molar-refractivity contribution in [3.05, 3.63) is 59.7 Å². The van der Waals surface area contributed by atoms with Gasteiger partial charge < -0.3 is 10.2 Å². The third kappa shape index (κ3) is 2.34. The van der Waals surface area contributed by atoms with Gasteiger partial charge in [0.05, 0.1) is 0 Å². The van der Waals surface area contributed by atoms with E-state index in [1.54, 1.807) is 0 Å². The molecule has 108 valence electrons. The van der Waals surface area contributed by atoms with Gasteiger partial charge in [-0.15, -0.1) is 0 Å². The molecule has 2 aromatic carbocycles. The highest BCUT2D eigenvalue weighted by Gasteiger charge is 2.27. The molecule has 1 saturated heterocycles. The minimum Gasteiger partial charge on any atom is -0.338 e. The molecule has 0 aliphatic carbocycles. The highest BCUT2D eigenvalue weighted by Crippen LogP contribution is 2.38. The lowest BCUT2D eigenvalue weighted by Crippen LogP contribution is -2.41. The van der Waals surface area contributed by atoms with E-state index < -0.39 is 0 Å². The van der Waals surface area contributed by atoms with E-state index >= 15 is 0 Å². The topological polar surface area (TPSA) is 15.3 Å². The Morgan fingerprint density at radius 2 is 1.29 bits per heavy atom. The van der Waals surface area contributed by atoms with Crippen LogP contribution in [0, 0.1) is 0 Å². The molecule has 21 heavy (non-hydrogen) atoms. The van der Waals surface area contributed by atoms with E-state index in [9.17, 15) is 0 Å². The van der Waals surface area contributed by atoms with Crippen molar-refractivity contribution in [2.24, 2.45) is 0 Å². The van der Waals surface area contributed by atoms with Gasteiger partial charge in [0.25, 0.3) is 0 Å². The maximum atomic E-state index is 3.49. The second kappa shape index (κ2) is 5.53. The molecule has 0 bridgehead atoms. The summed E-state index contributed by atoms with van der Waals surface area (Å²) < 4.78 is 0. The molecule has 0 aromatic heterocycles. The van der Waals surface area contributed by atoms with Crippen LogP contribution in [0.4, 0.5) is 11.4 Å². The molecule has 2 aliphatic heterocycles. The quantitative estimate of drug-likeness (QED) is 0.856. The molecule has 0 unspecified atom stereocenters. The number of rotatable bonds is 1. The Hall–Kier alpha value is -1.80. The molecule has 2 aliphatic rings. The molecule has 0 atom stereocenters. The maximum absolute atomic E-state index is 3.49. The van der Waals surface area contributed by atoms with Crippen molar-refractivity contribution in [2.45, 2.75) is 31.7 Å². The van der Waals surface area contributed by atoms with Crippen LogP contribution < -0.4 is 10.2 Å². The van der Waals surface area contributed by atoms with Crippen LogP contribution in [-0.4, -0.2) is 19.1 Å². The van der Waals surface area contributed by atoms with Gasteiger partial charge in [-0.05, 0) is 62.0 Å². The van der Waals surface area contributed by atoms with Crippen LogP contribution in [0.3, 0.4) is 0 Å². The van der Waals surface area contributed by atoms with Crippen LogP contribution in [0.2, 0.25) is 0 Å². The number of nitrogens with zero attached hydrogens (tertiary/aromatic N) is 1. The first-order valence-electron chi connectivity index (χ1n) is 8.09. The van der Waals surface area contributed by atoms with Crippen LogP contribution in [0.25, 0.3) is 0 Å². The lowest BCUT2D eigenvalue weighted by molar-refractivity contribution is 0.452. The first kappa shape index (κ1) is 12.9. The van der Waals surface area contributed by atoms with Gasteiger partial charge in [0, 0.05) is 17.4 Å². The zero-order chi connectivity index (χ0) is 14.1. The summed E-state index contributed by atoms with van der Waals surface area (Å²) in [7, 11) is 0. The molecule has 2 heterocycles. The summed E-state index contributed by atoms with van der Waals surface area (Å²) in [6.07, 6.45) is 4.74. The average molecular weight is 278 g/mol. The van der Waals surface area contributed by atoms with Crippen molar-refractivity contribution < 1.29 is 0 Å². The predicted molar refractivity (Wildman–Crippen MR) is 88.3 cm³/mol. The monoisotopic (exact) mass is 278 g/mol. The smallest absolute Gasteiger partial charge is 0.0446 e. The molecule has 2 nitrogen and oxygen atoms in total. The molecule has 0 spiro atoms. The van der Waals surface area contributed by atoms with E-state index in [1.807, 2.05) is 0 Å². The van der Waals surface area contributed by atoms with Gasteiger partial charge in [-0.3, -0.25) is 0 Å². The SMILES string of the molecule is c1ccc2c(c1)CCc1ccccc1N2C1CCNCC1. The second-order valence-corrected chi connectivity index (χ2v) is 6.11. The van der Waals surface area contributed by atoms with Crippen molar-refractivity contribution in [2.75, 3.05) is 18.0 Å². The van der Waals surface area contributed by atoms with E-state index in [4.69, 9.17) is 0 Å². The van der Waals surface area contributed by atoms with E-state index in [-0.39, 0.29) is 0 Å². The number of para-hydroxylation sites is 2. The standard InChI is InChI=1S/C19H22N2/c1-3-7-18-15(5-1)9-10-16-6-2-4-8-19(16)21(18)17-11-13-20-14-12-17/h1-8,17,20H,9-14H2. The summed E-state index contributed by atoms with van der Waals surface area (Å²) in [4.78, 5) is 2.62. The average Bonchev–Trinajstić information content (AvgIpc) is 2.72. The molecular weight excluding hydrogens is 256 g/mol. The molecular formula is C19H22N2. The molecule has 0 amide bonds. The molecule has 2 heteroatoms. The zero-order valence-corrected chi connectivity index (χ0v) is 12.4. The van der Waals surface area contributed by atoms with Gasteiger partial charge in [0.15, 0.2) is 0 Å². The van der Waals surface area contributed by atoms with Crippen molar-refractivity contribution in [1.82, 2.24) is 5.32 Å². The molecule has 2 aromatic rings. The Morgan fingerprint density at radius 1 is 0.762 bits per heavy atom. The number of piperidine rings is 1. The van der Waals surface area contributed by atoms with E-state index in [0.717, 1.165) is 25.9 Å². The fourth-order valence-corrected chi connectivity index (χ4v) is 3.77. The lowest BCUT2D eigenvalue weighted by atomic mass is 10.0. The van der Waals surface area contributed by atoms with Gasteiger partial charge in [-0.25, -0.2) is 0 Å². The summed E-state index contributed by atoms with van der Waals surface area (Å²) in [5.74, 6) is 0. The van der Waals surface area contributed by atoms with Gasteiger partial charge >= 0.3 is 0 Å². The number of aryl methyl sites for hydroxylation is 2. The second-order valence-electron chi connectivity index (χ2n) is 6.11. The molecule has 0 radical (unpaired) electrons. The van der Waals surface area contributed by atoms with Crippen molar-refractivity contribution in [1.29, 1.82) is 0 Å². The van der Waals surface area contributed by atoms with Crippen molar-refractivity contribution >= 4 is 11.4 Å². The highest BCUT2D eigenvalue weighted by molar-refractivity contribution is 5.72. The maximum Gasteiger partial charge on any atom is 0.0446 e. The number of hydrogen-bond donors (Lipinski definition) is 1. The van der Waals surface area contributed by atoms with E-state index in [1.165, 1.54) is 35.3 Å². The third-order valence-corrected chi connectivity index (χ3v) is 4.84. The lowest BCUT2D eigenvalue weighted by Gasteiger charge is -2.37. The van der Waals surface area contributed by atoms with Gasteiger partial charge in [0.1, 0.15) is 0 Å². The Bertz CT molecular complexity index is 581. The normalized spacial score (nSPS) is 18.8. The van der Waals surface area contributed by atoms with Crippen LogP contribution in [0.5, 0.6) is 0 Å². The molecule has 4 rings (SSSR count). The van der Waals surface area contributed by atoms with Gasteiger partial charge in [-0.2, -0.15) is 0 Å². The number of hydrogen-bond acceptors (Lipinski definition) is 2. The Labute approximate surface area is 126 Å². The van der Waals surface area contributed by atoms with E-state index in [2.05, 4.69) is 58.7 Å². The first-order chi connectivity index (χ1) is 10.4. The summed E-state index contributed by atoms with van der Waals surface area (Å²) in [5, 5.41) is 3.49. The summed E-state index contributed by atoms with van der Waals surface area (Å²) in [6.45, 7) is 2.26. The number of anilines is 2. The first-order valence-corrected chi connectivity index (χ1v) is 8.09. The number of nitrogens with one attached hydrogen (secondary N) is 1. The summed E-state index contributed by atoms with van der Waals surface area (Å²) in [5.41, 5.74) is 5.84. The molecule has 1 fully saturated rings. The Morgan fingerprint density at radius 3 is 1.86 bits per heavy atom. The summed E-state index contributed by atoms with van der Waals surface area (Å²) >= 11 is 0. The zero-order valence-electron chi connectivity index (χ0n) is 12.4. The Kier molecular flexibility index (Phi) is 3.40. The van der Waals surface area contributed by atoms with Gasteiger partial charge in [0.2, 0.25) is 0 Å². The number of fused-ring (bicyclic) bond motifs is 2. The van der Waals surface area contributed by atoms with Crippen LogP contribution in [0.1, 0.15) is 24.0 Å². The molecule has 1 N–H and O–H groups in total. The number of benzene rings is 2. The van der Waals surface area contributed by atoms with Gasteiger partial charge in [-0.1, -0.05) is 36.4 Å². The van der Waals surface area contributed by atoms with Crippen molar-refractivity contribution in [3.63, 3.8) is 0 Å². The van der Waals surface area contributed by atoms with E-state index in [0.29, 0.717) is 6.04 Å². The van der Waals surface area contributed by atoms with Crippen LogP contribution >= 0.6 is 0 Å². The van der Waals surface area contributed by atoms with Crippen LogP contribution in [-0.2, 0) is 12.8 Å².